The lowest BCUT2D eigenvalue weighted by Gasteiger charge is -1.99. The second kappa shape index (κ2) is 2.65. The Morgan fingerprint density at radius 2 is 2.09 bits per heavy atom. The molecular weight excluding hydrogens is 181 g/mol. The summed E-state index contributed by atoms with van der Waals surface area (Å²) < 4.78 is 0. The van der Waals surface area contributed by atoms with Crippen molar-refractivity contribution in [1.82, 2.24) is 4.98 Å². The summed E-state index contributed by atoms with van der Waals surface area (Å²) in [6.45, 7) is 0. The van der Waals surface area contributed by atoms with Crippen molar-refractivity contribution in [3.05, 3.63) is 28.0 Å². The molecular formula is C8H7Cl2N. The third-order valence-electron chi connectivity index (χ3n) is 1.87. The molecule has 0 bridgehead atoms. The molecule has 0 spiro atoms. The van der Waals surface area contributed by atoms with Crippen LogP contribution in [0, 0.1) is 0 Å². The first kappa shape index (κ1) is 7.38. The van der Waals surface area contributed by atoms with Crippen molar-refractivity contribution in [2.75, 3.05) is 0 Å². The van der Waals surface area contributed by atoms with Crippen LogP contribution in [0.5, 0.6) is 0 Å². The van der Waals surface area contributed by atoms with Gasteiger partial charge in [-0.25, -0.2) is 4.98 Å². The number of pyridine rings is 1. The molecule has 0 amide bonds. The average Bonchev–Trinajstić information content (AvgIpc) is 2.70. The molecule has 0 saturated heterocycles. The minimum atomic E-state index is 0.472. The van der Waals surface area contributed by atoms with Crippen LogP contribution in [-0.2, 0) is 0 Å². The molecule has 0 radical (unpaired) electrons. The molecule has 0 N–H and O–H groups in total. The molecule has 1 aromatic heterocycles. The third kappa shape index (κ3) is 1.49. The summed E-state index contributed by atoms with van der Waals surface area (Å²) in [5.41, 5.74) is 1.15. The first-order valence-electron chi connectivity index (χ1n) is 3.58. The van der Waals surface area contributed by atoms with Crippen LogP contribution < -0.4 is 0 Å². The van der Waals surface area contributed by atoms with E-state index in [0.717, 1.165) is 10.6 Å². The lowest BCUT2D eigenvalue weighted by Crippen LogP contribution is -1.83. The standard InChI is InChI=1S/C8H7Cl2N/c9-7-3-8(10)11-4-6(7)5-1-2-5/h3-5H,1-2H2. The Balaban J connectivity index is 2.39. The van der Waals surface area contributed by atoms with Crippen molar-refractivity contribution in [2.45, 2.75) is 18.8 Å². The number of hydrogen-bond acceptors (Lipinski definition) is 1. The van der Waals surface area contributed by atoms with Crippen molar-refractivity contribution in [3.8, 4) is 0 Å². The van der Waals surface area contributed by atoms with Gasteiger partial charge in [0.2, 0.25) is 0 Å². The van der Waals surface area contributed by atoms with E-state index in [2.05, 4.69) is 4.98 Å². The van der Waals surface area contributed by atoms with Crippen LogP contribution in [0.4, 0.5) is 0 Å². The normalized spacial score (nSPS) is 16.9. The summed E-state index contributed by atoms with van der Waals surface area (Å²) in [6, 6.07) is 1.71. The van der Waals surface area contributed by atoms with Gasteiger partial charge < -0.3 is 0 Å². The van der Waals surface area contributed by atoms with Gasteiger partial charge in [-0.2, -0.15) is 0 Å². The van der Waals surface area contributed by atoms with Crippen molar-refractivity contribution in [1.29, 1.82) is 0 Å². The molecule has 1 fully saturated rings. The highest BCUT2D eigenvalue weighted by molar-refractivity contribution is 6.34. The Labute approximate surface area is 75.3 Å². The fourth-order valence-corrected chi connectivity index (χ4v) is 1.63. The topological polar surface area (TPSA) is 12.9 Å². The molecule has 1 heterocycles. The Hall–Kier alpha value is -0.270. The first-order valence-corrected chi connectivity index (χ1v) is 4.34. The van der Waals surface area contributed by atoms with Gasteiger partial charge in [-0.3, -0.25) is 0 Å². The largest absolute Gasteiger partial charge is 0.244 e. The highest BCUT2D eigenvalue weighted by Gasteiger charge is 2.25. The Kier molecular flexibility index (Phi) is 1.78. The smallest absolute Gasteiger partial charge is 0.130 e. The van der Waals surface area contributed by atoms with Gasteiger partial charge in [0.05, 0.1) is 0 Å². The molecule has 0 atom stereocenters. The molecule has 1 saturated carbocycles. The quantitative estimate of drug-likeness (QED) is 0.616. The minimum absolute atomic E-state index is 0.472. The van der Waals surface area contributed by atoms with Gasteiger partial charge in [-0.15, -0.1) is 0 Å². The summed E-state index contributed by atoms with van der Waals surface area (Å²) in [6.07, 6.45) is 4.26. The summed E-state index contributed by atoms with van der Waals surface area (Å²) >= 11 is 11.6. The van der Waals surface area contributed by atoms with Gasteiger partial charge in [-0.1, -0.05) is 23.2 Å². The van der Waals surface area contributed by atoms with Crippen molar-refractivity contribution < 1.29 is 0 Å². The predicted molar refractivity (Wildman–Crippen MR) is 46.2 cm³/mol. The number of halogens is 2. The maximum Gasteiger partial charge on any atom is 0.130 e. The molecule has 1 aliphatic carbocycles. The molecule has 0 unspecified atom stereocenters. The summed E-state index contributed by atoms with van der Waals surface area (Å²) in [4.78, 5) is 3.98. The van der Waals surface area contributed by atoms with Crippen LogP contribution in [0.25, 0.3) is 0 Å². The van der Waals surface area contributed by atoms with Crippen LogP contribution >= 0.6 is 23.2 Å². The lowest BCUT2D eigenvalue weighted by atomic mass is 10.2. The molecule has 3 heteroatoms. The third-order valence-corrected chi connectivity index (χ3v) is 2.40. The molecule has 2 rings (SSSR count). The average molecular weight is 188 g/mol. The zero-order valence-electron chi connectivity index (χ0n) is 5.85. The summed E-state index contributed by atoms with van der Waals surface area (Å²) in [5.74, 6) is 0.646. The number of aromatic nitrogens is 1. The highest BCUT2D eigenvalue weighted by atomic mass is 35.5. The monoisotopic (exact) mass is 187 g/mol. The number of hydrogen-bond donors (Lipinski definition) is 0. The second-order valence-corrected chi connectivity index (χ2v) is 3.60. The van der Waals surface area contributed by atoms with E-state index in [0.29, 0.717) is 11.1 Å². The molecule has 1 aromatic rings. The van der Waals surface area contributed by atoms with Crippen LogP contribution in [0.1, 0.15) is 24.3 Å². The van der Waals surface area contributed by atoms with Gasteiger partial charge >= 0.3 is 0 Å². The maximum atomic E-state index is 5.94. The number of nitrogens with zero attached hydrogens (tertiary/aromatic N) is 1. The van der Waals surface area contributed by atoms with E-state index in [9.17, 15) is 0 Å². The van der Waals surface area contributed by atoms with E-state index in [1.54, 1.807) is 12.3 Å². The van der Waals surface area contributed by atoms with Gasteiger partial charge in [0, 0.05) is 11.2 Å². The Morgan fingerprint density at radius 1 is 1.36 bits per heavy atom. The van der Waals surface area contributed by atoms with E-state index < -0.39 is 0 Å². The van der Waals surface area contributed by atoms with E-state index in [4.69, 9.17) is 23.2 Å². The highest BCUT2D eigenvalue weighted by Crippen LogP contribution is 2.43. The zero-order valence-corrected chi connectivity index (χ0v) is 7.36. The lowest BCUT2D eigenvalue weighted by molar-refractivity contribution is 1.09. The van der Waals surface area contributed by atoms with E-state index in [1.807, 2.05) is 0 Å². The van der Waals surface area contributed by atoms with Crippen molar-refractivity contribution in [3.63, 3.8) is 0 Å². The van der Waals surface area contributed by atoms with E-state index >= 15 is 0 Å². The molecule has 0 aromatic carbocycles. The van der Waals surface area contributed by atoms with Crippen molar-refractivity contribution >= 4 is 23.2 Å². The van der Waals surface area contributed by atoms with Gasteiger partial charge in [0.25, 0.3) is 0 Å². The minimum Gasteiger partial charge on any atom is -0.244 e. The van der Waals surface area contributed by atoms with Crippen molar-refractivity contribution in [2.24, 2.45) is 0 Å². The predicted octanol–water partition coefficient (Wildman–Crippen LogP) is 3.27. The fraction of sp³-hybridized carbons (Fsp3) is 0.375. The van der Waals surface area contributed by atoms with Crippen LogP contribution in [-0.4, -0.2) is 4.98 Å². The van der Waals surface area contributed by atoms with E-state index in [-0.39, 0.29) is 0 Å². The number of rotatable bonds is 1. The zero-order chi connectivity index (χ0) is 7.84. The van der Waals surface area contributed by atoms with Crippen LogP contribution in [0.3, 0.4) is 0 Å². The molecule has 0 aliphatic heterocycles. The van der Waals surface area contributed by atoms with Gasteiger partial charge in [0.15, 0.2) is 0 Å². The second-order valence-electron chi connectivity index (χ2n) is 2.80. The molecule has 1 nitrogen and oxygen atoms in total. The summed E-state index contributed by atoms with van der Waals surface area (Å²) in [5, 5.41) is 1.23. The maximum absolute atomic E-state index is 5.94. The van der Waals surface area contributed by atoms with Crippen LogP contribution in [0.15, 0.2) is 12.3 Å². The Bertz CT molecular complexity index is 281. The SMILES string of the molecule is Clc1cc(Cl)c(C2CC2)cn1. The van der Waals surface area contributed by atoms with Gasteiger partial charge in [0.1, 0.15) is 5.15 Å². The van der Waals surface area contributed by atoms with E-state index in [1.165, 1.54) is 12.8 Å². The molecule has 1 aliphatic rings. The Morgan fingerprint density at radius 3 is 2.64 bits per heavy atom. The van der Waals surface area contributed by atoms with Crippen LogP contribution in [0.2, 0.25) is 10.2 Å². The van der Waals surface area contributed by atoms with Gasteiger partial charge in [-0.05, 0) is 30.4 Å². The molecule has 11 heavy (non-hydrogen) atoms. The molecule has 58 valence electrons. The first-order chi connectivity index (χ1) is 5.27. The fourth-order valence-electron chi connectivity index (χ4n) is 1.11. The summed E-state index contributed by atoms with van der Waals surface area (Å²) in [7, 11) is 0.